The zero-order valence-electron chi connectivity index (χ0n) is 17.8. The first-order valence-electron chi connectivity index (χ1n) is 10.9. The Labute approximate surface area is 186 Å². The standard InChI is InChI=1S/C30H29N/c1-5-14-26(15-6-1)18-13-23-30(28-19-9-3-10-20-28,29-21-11-4-12-22-29)25-31-24-27-16-7-2-8-17-27/h1-22,31H,23-25H2/b18-13+. The predicted molar refractivity (Wildman–Crippen MR) is 132 cm³/mol. The van der Waals surface area contributed by atoms with Crippen molar-refractivity contribution in [3.8, 4) is 0 Å². The maximum atomic E-state index is 3.75. The van der Waals surface area contributed by atoms with Crippen molar-refractivity contribution in [3.63, 3.8) is 0 Å². The molecule has 1 N–H and O–H groups in total. The number of allylic oxidation sites excluding steroid dienone is 1. The zero-order chi connectivity index (χ0) is 21.2. The minimum Gasteiger partial charge on any atom is -0.311 e. The number of benzene rings is 4. The van der Waals surface area contributed by atoms with Crippen LogP contribution in [0, 0.1) is 0 Å². The van der Waals surface area contributed by atoms with Gasteiger partial charge in [0.15, 0.2) is 0 Å². The van der Waals surface area contributed by atoms with Gasteiger partial charge in [-0.1, -0.05) is 133 Å². The first-order valence-corrected chi connectivity index (χ1v) is 10.9. The van der Waals surface area contributed by atoms with E-state index in [1.807, 2.05) is 0 Å². The SMILES string of the molecule is C(=C\c1ccccc1)/CC(CNCc1ccccc1)(c1ccccc1)c1ccccc1. The fourth-order valence-electron chi connectivity index (χ4n) is 4.17. The van der Waals surface area contributed by atoms with Gasteiger partial charge in [0.2, 0.25) is 0 Å². The molecule has 0 saturated carbocycles. The Morgan fingerprint density at radius 3 is 1.61 bits per heavy atom. The first kappa shape index (κ1) is 20.8. The molecule has 4 rings (SSSR count). The van der Waals surface area contributed by atoms with Crippen LogP contribution in [0.15, 0.2) is 127 Å². The number of rotatable bonds is 9. The molecule has 4 aromatic rings. The summed E-state index contributed by atoms with van der Waals surface area (Å²) in [6.45, 7) is 1.71. The molecule has 1 nitrogen and oxygen atoms in total. The van der Waals surface area contributed by atoms with Crippen LogP contribution in [-0.4, -0.2) is 6.54 Å². The van der Waals surface area contributed by atoms with Gasteiger partial charge in [0.1, 0.15) is 0 Å². The van der Waals surface area contributed by atoms with Gasteiger partial charge in [0, 0.05) is 18.5 Å². The molecule has 0 unspecified atom stereocenters. The predicted octanol–water partition coefficient (Wildman–Crippen LogP) is 6.87. The van der Waals surface area contributed by atoms with Crippen molar-refractivity contribution in [2.75, 3.05) is 6.54 Å². The van der Waals surface area contributed by atoms with Crippen molar-refractivity contribution in [2.24, 2.45) is 0 Å². The molecule has 0 fully saturated rings. The summed E-state index contributed by atoms with van der Waals surface area (Å²) in [5.74, 6) is 0. The second-order valence-corrected chi connectivity index (χ2v) is 7.92. The molecule has 0 saturated heterocycles. The fourth-order valence-corrected chi connectivity index (χ4v) is 4.17. The minimum atomic E-state index is -0.150. The summed E-state index contributed by atoms with van der Waals surface area (Å²) < 4.78 is 0. The molecule has 0 radical (unpaired) electrons. The molecule has 0 aliphatic heterocycles. The van der Waals surface area contributed by atoms with Crippen LogP contribution in [0.25, 0.3) is 6.08 Å². The molecular weight excluding hydrogens is 374 g/mol. The van der Waals surface area contributed by atoms with E-state index in [-0.39, 0.29) is 5.41 Å². The average molecular weight is 404 g/mol. The Morgan fingerprint density at radius 2 is 1.06 bits per heavy atom. The van der Waals surface area contributed by atoms with Gasteiger partial charge in [-0.3, -0.25) is 0 Å². The van der Waals surface area contributed by atoms with Crippen molar-refractivity contribution in [2.45, 2.75) is 18.4 Å². The van der Waals surface area contributed by atoms with Crippen LogP contribution in [0.4, 0.5) is 0 Å². The summed E-state index contributed by atoms with van der Waals surface area (Å²) in [6, 6.07) is 42.9. The Morgan fingerprint density at radius 1 is 0.581 bits per heavy atom. The lowest BCUT2D eigenvalue weighted by Crippen LogP contribution is -2.39. The van der Waals surface area contributed by atoms with Gasteiger partial charge in [0.25, 0.3) is 0 Å². The van der Waals surface area contributed by atoms with E-state index >= 15 is 0 Å². The summed E-state index contributed by atoms with van der Waals surface area (Å²) in [5, 5.41) is 3.75. The molecule has 31 heavy (non-hydrogen) atoms. The van der Waals surface area contributed by atoms with Crippen molar-refractivity contribution < 1.29 is 0 Å². The van der Waals surface area contributed by atoms with Crippen LogP contribution in [0.3, 0.4) is 0 Å². The highest BCUT2D eigenvalue weighted by Crippen LogP contribution is 2.36. The summed E-state index contributed by atoms with van der Waals surface area (Å²) in [6.07, 6.45) is 5.47. The molecule has 0 heterocycles. The third-order valence-corrected chi connectivity index (χ3v) is 5.83. The molecular formula is C30H29N. The van der Waals surface area contributed by atoms with E-state index in [4.69, 9.17) is 0 Å². The van der Waals surface area contributed by atoms with Crippen LogP contribution in [0.2, 0.25) is 0 Å². The van der Waals surface area contributed by atoms with Gasteiger partial charge >= 0.3 is 0 Å². The quantitative estimate of drug-likeness (QED) is 0.322. The summed E-state index contributed by atoms with van der Waals surface area (Å²) in [5.41, 5.74) is 5.05. The maximum Gasteiger partial charge on any atom is 0.0361 e. The third kappa shape index (κ3) is 5.39. The Balaban J connectivity index is 1.66. The molecule has 0 aliphatic rings. The van der Waals surface area contributed by atoms with E-state index in [1.165, 1.54) is 22.3 Å². The summed E-state index contributed by atoms with van der Waals surface area (Å²) in [7, 11) is 0. The van der Waals surface area contributed by atoms with Gasteiger partial charge in [-0.05, 0) is 28.7 Å². The maximum absolute atomic E-state index is 3.75. The minimum absolute atomic E-state index is 0.150. The van der Waals surface area contributed by atoms with Crippen LogP contribution in [0.5, 0.6) is 0 Å². The molecule has 0 atom stereocenters. The smallest absolute Gasteiger partial charge is 0.0361 e. The highest BCUT2D eigenvalue weighted by Gasteiger charge is 2.32. The van der Waals surface area contributed by atoms with E-state index in [0.29, 0.717) is 0 Å². The molecule has 1 heteroatoms. The topological polar surface area (TPSA) is 12.0 Å². The van der Waals surface area contributed by atoms with Crippen molar-refractivity contribution >= 4 is 6.08 Å². The molecule has 0 bridgehead atoms. The van der Waals surface area contributed by atoms with E-state index in [2.05, 4.69) is 139 Å². The third-order valence-electron chi connectivity index (χ3n) is 5.83. The van der Waals surface area contributed by atoms with Crippen molar-refractivity contribution in [1.82, 2.24) is 5.32 Å². The van der Waals surface area contributed by atoms with E-state index in [9.17, 15) is 0 Å². The van der Waals surface area contributed by atoms with E-state index < -0.39 is 0 Å². The van der Waals surface area contributed by atoms with Crippen molar-refractivity contribution in [1.29, 1.82) is 0 Å². The van der Waals surface area contributed by atoms with E-state index in [1.54, 1.807) is 0 Å². The highest BCUT2D eigenvalue weighted by molar-refractivity contribution is 5.50. The highest BCUT2D eigenvalue weighted by atomic mass is 14.9. The number of hydrogen-bond acceptors (Lipinski definition) is 1. The normalized spacial score (nSPS) is 11.6. The van der Waals surface area contributed by atoms with Crippen LogP contribution in [0.1, 0.15) is 28.7 Å². The van der Waals surface area contributed by atoms with Gasteiger partial charge in [-0.15, -0.1) is 0 Å². The lowest BCUT2D eigenvalue weighted by molar-refractivity contribution is 0.467. The summed E-state index contributed by atoms with van der Waals surface area (Å²) in [4.78, 5) is 0. The molecule has 0 aliphatic carbocycles. The lowest BCUT2D eigenvalue weighted by atomic mass is 9.71. The largest absolute Gasteiger partial charge is 0.311 e. The van der Waals surface area contributed by atoms with Gasteiger partial charge < -0.3 is 5.32 Å². The van der Waals surface area contributed by atoms with E-state index in [0.717, 1.165) is 19.5 Å². The number of nitrogens with one attached hydrogen (secondary N) is 1. The van der Waals surface area contributed by atoms with Gasteiger partial charge in [-0.2, -0.15) is 0 Å². The van der Waals surface area contributed by atoms with Gasteiger partial charge in [-0.25, -0.2) is 0 Å². The van der Waals surface area contributed by atoms with Crippen LogP contribution in [-0.2, 0) is 12.0 Å². The Kier molecular flexibility index (Phi) is 7.10. The fraction of sp³-hybridized carbons (Fsp3) is 0.133. The Bertz CT molecular complexity index is 1010. The van der Waals surface area contributed by atoms with Crippen molar-refractivity contribution in [3.05, 3.63) is 150 Å². The average Bonchev–Trinajstić information content (AvgIpc) is 2.85. The summed E-state index contributed by atoms with van der Waals surface area (Å²) >= 11 is 0. The Hall–Kier alpha value is -3.42. The lowest BCUT2D eigenvalue weighted by Gasteiger charge is -2.35. The van der Waals surface area contributed by atoms with Crippen LogP contribution >= 0.6 is 0 Å². The second kappa shape index (κ2) is 10.6. The van der Waals surface area contributed by atoms with Crippen LogP contribution < -0.4 is 5.32 Å². The first-order chi connectivity index (χ1) is 15.4. The molecule has 0 aromatic heterocycles. The molecule has 154 valence electrons. The zero-order valence-corrected chi connectivity index (χ0v) is 17.8. The molecule has 4 aromatic carbocycles. The molecule has 0 spiro atoms. The monoisotopic (exact) mass is 403 g/mol. The van der Waals surface area contributed by atoms with Gasteiger partial charge in [0.05, 0.1) is 0 Å². The molecule has 0 amide bonds. The number of hydrogen-bond donors (Lipinski definition) is 1. The second-order valence-electron chi connectivity index (χ2n) is 7.92.